The predicted molar refractivity (Wildman–Crippen MR) is 78.5 cm³/mol. The minimum Gasteiger partial charge on any atom is -0.459 e. The van der Waals surface area contributed by atoms with E-state index in [0.29, 0.717) is 17.8 Å². The summed E-state index contributed by atoms with van der Waals surface area (Å²) in [7, 11) is 0. The second-order valence-electron chi connectivity index (χ2n) is 6.56. The van der Waals surface area contributed by atoms with Gasteiger partial charge in [0.25, 0.3) is 0 Å². The van der Waals surface area contributed by atoms with Crippen LogP contribution in [0.4, 0.5) is 0 Å². The topological polar surface area (TPSA) is 72.8 Å². The fourth-order valence-corrected chi connectivity index (χ4v) is 2.82. The molecule has 1 aliphatic rings. The molecule has 5 heteroatoms. The van der Waals surface area contributed by atoms with Crippen molar-refractivity contribution in [2.45, 2.75) is 72.2 Å². The largest absolute Gasteiger partial charge is 0.459 e. The Hall–Kier alpha value is -1.10. The Kier molecular flexibility index (Phi) is 6.65. The summed E-state index contributed by atoms with van der Waals surface area (Å²) in [5.74, 6) is -0.00539. The van der Waals surface area contributed by atoms with Gasteiger partial charge in [0.05, 0.1) is 0 Å². The zero-order valence-electron chi connectivity index (χ0n) is 13.7. The highest BCUT2D eigenvalue weighted by Crippen LogP contribution is 2.35. The van der Waals surface area contributed by atoms with Crippen molar-refractivity contribution >= 4 is 11.9 Å². The van der Waals surface area contributed by atoms with Gasteiger partial charge in [-0.25, -0.2) is 9.59 Å². The lowest BCUT2D eigenvalue weighted by molar-refractivity contribution is -0.178. The van der Waals surface area contributed by atoms with E-state index in [0.717, 1.165) is 19.3 Å². The van der Waals surface area contributed by atoms with E-state index in [1.807, 2.05) is 0 Å². The Morgan fingerprint density at radius 3 is 2.24 bits per heavy atom. The monoisotopic (exact) mass is 300 g/mol. The van der Waals surface area contributed by atoms with Crippen LogP contribution in [-0.4, -0.2) is 35.4 Å². The molecule has 0 aromatic rings. The maximum absolute atomic E-state index is 12.1. The molecule has 0 amide bonds. The van der Waals surface area contributed by atoms with Gasteiger partial charge in [0.1, 0.15) is 12.2 Å². The Labute approximate surface area is 127 Å². The van der Waals surface area contributed by atoms with Crippen LogP contribution in [0.3, 0.4) is 0 Å². The molecule has 5 nitrogen and oxygen atoms in total. The predicted octanol–water partition coefficient (Wildman–Crippen LogP) is 2.30. The Balaban J connectivity index is 2.59. The second kappa shape index (κ2) is 7.78. The van der Waals surface area contributed by atoms with E-state index < -0.39 is 24.1 Å². The zero-order chi connectivity index (χ0) is 16.2. The van der Waals surface area contributed by atoms with Crippen molar-refractivity contribution in [1.82, 2.24) is 0 Å². The van der Waals surface area contributed by atoms with E-state index in [1.165, 1.54) is 13.8 Å². The van der Waals surface area contributed by atoms with Crippen molar-refractivity contribution in [3.63, 3.8) is 0 Å². The molecule has 1 saturated carbocycles. The highest BCUT2D eigenvalue weighted by atomic mass is 16.6. The minimum absolute atomic E-state index is 0.117. The van der Waals surface area contributed by atoms with Crippen molar-refractivity contribution in [3.8, 4) is 0 Å². The SMILES string of the molecule is CC(C)[C@@H]1CC[C@@H](C)C[C@H]1OC(=O)[C@@H](C)OC(=O)[C@H](C)O. The number of hydrogen-bond donors (Lipinski definition) is 1. The first-order valence-electron chi connectivity index (χ1n) is 7.81. The number of esters is 2. The summed E-state index contributed by atoms with van der Waals surface area (Å²) in [4.78, 5) is 23.4. The molecule has 0 heterocycles. The van der Waals surface area contributed by atoms with Gasteiger partial charge in [-0.2, -0.15) is 0 Å². The van der Waals surface area contributed by atoms with Gasteiger partial charge < -0.3 is 14.6 Å². The molecule has 0 bridgehead atoms. The maximum atomic E-state index is 12.1. The Morgan fingerprint density at radius 1 is 1.10 bits per heavy atom. The van der Waals surface area contributed by atoms with Gasteiger partial charge in [0.15, 0.2) is 6.10 Å². The Bertz CT molecular complexity index is 364. The van der Waals surface area contributed by atoms with Gasteiger partial charge >= 0.3 is 11.9 Å². The molecular weight excluding hydrogens is 272 g/mol. The summed E-state index contributed by atoms with van der Waals surface area (Å²) in [6, 6.07) is 0. The average Bonchev–Trinajstić information content (AvgIpc) is 2.37. The fraction of sp³-hybridized carbons (Fsp3) is 0.875. The van der Waals surface area contributed by atoms with Crippen molar-refractivity contribution < 1.29 is 24.2 Å². The summed E-state index contributed by atoms with van der Waals surface area (Å²) < 4.78 is 10.5. The lowest BCUT2D eigenvalue weighted by Gasteiger charge is -2.37. The van der Waals surface area contributed by atoms with Crippen LogP contribution in [0.5, 0.6) is 0 Å². The van der Waals surface area contributed by atoms with Gasteiger partial charge in [-0.3, -0.25) is 0 Å². The molecule has 5 atom stereocenters. The highest BCUT2D eigenvalue weighted by molar-refractivity contribution is 5.80. The summed E-state index contributed by atoms with van der Waals surface area (Å²) in [6.45, 7) is 9.21. The molecule has 122 valence electrons. The molecular formula is C16H28O5. The number of carbonyl (C=O) groups excluding carboxylic acids is 2. The van der Waals surface area contributed by atoms with Gasteiger partial charge in [-0.15, -0.1) is 0 Å². The summed E-state index contributed by atoms with van der Waals surface area (Å²) in [6.07, 6.45) is 0.720. The molecule has 0 saturated heterocycles. The Morgan fingerprint density at radius 2 is 1.71 bits per heavy atom. The van der Waals surface area contributed by atoms with Gasteiger partial charge in [-0.05, 0) is 44.4 Å². The molecule has 0 radical (unpaired) electrons. The quantitative estimate of drug-likeness (QED) is 0.789. The van der Waals surface area contributed by atoms with Crippen LogP contribution < -0.4 is 0 Å². The molecule has 0 unspecified atom stereocenters. The van der Waals surface area contributed by atoms with E-state index in [2.05, 4.69) is 20.8 Å². The molecule has 0 aromatic heterocycles. The van der Waals surface area contributed by atoms with Crippen LogP contribution >= 0.6 is 0 Å². The zero-order valence-corrected chi connectivity index (χ0v) is 13.7. The molecule has 1 fully saturated rings. The third-order valence-corrected chi connectivity index (χ3v) is 4.19. The number of ether oxygens (including phenoxy) is 2. The molecule has 0 aromatic carbocycles. The first-order valence-corrected chi connectivity index (χ1v) is 7.81. The molecule has 0 aliphatic heterocycles. The van der Waals surface area contributed by atoms with Crippen molar-refractivity contribution in [1.29, 1.82) is 0 Å². The van der Waals surface area contributed by atoms with Crippen molar-refractivity contribution in [2.75, 3.05) is 0 Å². The van der Waals surface area contributed by atoms with Crippen LogP contribution in [0.15, 0.2) is 0 Å². The number of rotatable bonds is 5. The van der Waals surface area contributed by atoms with Gasteiger partial charge in [0, 0.05) is 0 Å². The van der Waals surface area contributed by atoms with Crippen molar-refractivity contribution in [3.05, 3.63) is 0 Å². The smallest absolute Gasteiger partial charge is 0.347 e. The van der Waals surface area contributed by atoms with Gasteiger partial charge in [0.2, 0.25) is 0 Å². The lowest BCUT2D eigenvalue weighted by atomic mass is 9.75. The minimum atomic E-state index is -1.24. The molecule has 1 aliphatic carbocycles. The maximum Gasteiger partial charge on any atom is 0.347 e. The average molecular weight is 300 g/mol. The van der Waals surface area contributed by atoms with Crippen LogP contribution in [0.25, 0.3) is 0 Å². The van der Waals surface area contributed by atoms with E-state index in [9.17, 15) is 9.59 Å². The van der Waals surface area contributed by atoms with Crippen LogP contribution in [0.1, 0.15) is 53.9 Å². The number of aliphatic hydroxyl groups excluding tert-OH is 1. The third-order valence-electron chi connectivity index (χ3n) is 4.19. The van der Waals surface area contributed by atoms with E-state index >= 15 is 0 Å². The van der Waals surface area contributed by atoms with Crippen molar-refractivity contribution in [2.24, 2.45) is 17.8 Å². The van der Waals surface area contributed by atoms with Crippen LogP contribution in [0, 0.1) is 17.8 Å². The molecule has 1 rings (SSSR count). The standard InChI is InChI=1S/C16H28O5/c1-9(2)13-7-6-10(3)8-14(13)21-16(19)12(5)20-15(18)11(4)17/h9-14,17H,6-8H2,1-5H3/t10-,11+,12-,13+,14-/m1/s1. The molecule has 0 spiro atoms. The first-order chi connectivity index (χ1) is 9.72. The highest BCUT2D eigenvalue weighted by Gasteiger charge is 2.35. The first kappa shape index (κ1) is 18.0. The van der Waals surface area contributed by atoms with E-state index in [1.54, 1.807) is 0 Å². The second-order valence-corrected chi connectivity index (χ2v) is 6.56. The number of hydrogen-bond acceptors (Lipinski definition) is 5. The third kappa shape index (κ3) is 5.30. The van der Waals surface area contributed by atoms with E-state index in [4.69, 9.17) is 14.6 Å². The summed E-state index contributed by atoms with van der Waals surface area (Å²) in [5.41, 5.74) is 0. The summed E-state index contributed by atoms with van der Waals surface area (Å²) in [5, 5.41) is 9.10. The molecule has 1 N–H and O–H groups in total. The summed E-state index contributed by atoms with van der Waals surface area (Å²) >= 11 is 0. The normalized spacial score (nSPS) is 28.8. The molecule has 21 heavy (non-hydrogen) atoms. The number of carbonyl (C=O) groups is 2. The number of aliphatic hydroxyl groups is 1. The van der Waals surface area contributed by atoms with Crippen LogP contribution in [-0.2, 0) is 19.1 Å². The van der Waals surface area contributed by atoms with Gasteiger partial charge in [-0.1, -0.05) is 27.2 Å². The fourth-order valence-electron chi connectivity index (χ4n) is 2.82. The van der Waals surface area contributed by atoms with Crippen LogP contribution in [0.2, 0.25) is 0 Å². The van der Waals surface area contributed by atoms with E-state index in [-0.39, 0.29) is 6.10 Å². The lowest BCUT2D eigenvalue weighted by Crippen LogP contribution is -2.39.